The van der Waals surface area contributed by atoms with Crippen LogP contribution in [-0.2, 0) is 27.4 Å². The van der Waals surface area contributed by atoms with Gasteiger partial charge < -0.3 is 24.4 Å². The quantitative estimate of drug-likeness (QED) is 0.256. The van der Waals surface area contributed by atoms with Crippen molar-refractivity contribution in [2.45, 2.75) is 32.9 Å². The predicted molar refractivity (Wildman–Crippen MR) is 151 cm³/mol. The van der Waals surface area contributed by atoms with Crippen LogP contribution in [0.4, 0.5) is 0 Å². The van der Waals surface area contributed by atoms with E-state index in [1.54, 1.807) is 17.0 Å². The molecule has 2 saturated heterocycles. The molecule has 7 heteroatoms. The minimum absolute atomic E-state index is 0.0206. The maximum Gasteiger partial charge on any atom is 0.295 e. The van der Waals surface area contributed by atoms with Gasteiger partial charge in [-0.3, -0.25) is 9.59 Å². The minimum atomic E-state index is -0.716. The average Bonchev–Trinajstić information content (AvgIpc) is 3.25. The van der Waals surface area contributed by atoms with Crippen molar-refractivity contribution in [3.05, 3.63) is 106 Å². The van der Waals surface area contributed by atoms with Crippen LogP contribution in [0.5, 0.6) is 5.75 Å². The second-order valence-electron chi connectivity index (χ2n) is 10.4. The summed E-state index contributed by atoms with van der Waals surface area (Å²) in [5.74, 6) is -1.09. The lowest BCUT2D eigenvalue weighted by molar-refractivity contribution is -0.907. The fourth-order valence-corrected chi connectivity index (χ4v) is 5.44. The van der Waals surface area contributed by atoms with Gasteiger partial charge in [-0.25, -0.2) is 0 Å². The van der Waals surface area contributed by atoms with Crippen molar-refractivity contribution in [1.82, 2.24) is 4.90 Å². The van der Waals surface area contributed by atoms with Crippen LogP contribution < -0.4 is 14.7 Å². The second-order valence-corrected chi connectivity index (χ2v) is 10.4. The molecule has 1 atom stereocenters. The number of carbonyl (C=O) groups is 2. The number of amides is 1. The summed E-state index contributed by atoms with van der Waals surface area (Å²) in [6.45, 7) is 8.49. The lowest BCUT2D eigenvalue weighted by atomic mass is 9.93. The molecular formula is C33H36N2O5. The van der Waals surface area contributed by atoms with Gasteiger partial charge in [0.15, 0.2) is 0 Å². The summed E-state index contributed by atoms with van der Waals surface area (Å²) in [4.78, 5) is 29.7. The van der Waals surface area contributed by atoms with E-state index in [2.05, 4.69) is 6.92 Å². The Morgan fingerprint density at radius 1 is 1.00 bits per heavy atom. The summed E-state index contributed by atoms with van der Waals surface area (Å²) < 4.78 is 11.4. The van der Waals surface area contributed by atoms with Gasteiger partial charge in [-0.05, 0) is 53.3 Å². The standard InChI is InChI=1S/C33H36N2O5/c1-3-24-9-11-26(12-10-24)30-29(32(37)33(38)35(30)16-15-34-17-19-39-20-18-34)31(36)28-14-13-27(21-23(28)2)40-22-25-7-5-4-6-8-25/h4-14,21,30,36H,3,15-20,22H2,1-2H3/b31-29+. The van der Waals surface area contributed by atoms with E-state index in [4.69, 9.17) is 9.47 Å². The molecule has 0 bridgehead atoms. The summed E-state index contributed by atoms with van der Waals surface area (Å²) >= 11 is 0. The van der Waals surface area contributed by atoms with Crippen LogP contribution in [0.15, 0.2) is 78.4 Å². The van der Waals surface area contributed by atoms with Crippen molar-refractivity contribution in [2.75, 3.05) is 39.4 Å². The number of ketones is 1. The first-order valence-corrected chi connectivity index (χ1v) is 14.0. The Hall–Kier alpha value is -3.94. The lowest BCUT2D eigenvalue weighted by Gasteiger charge is -2.30. The number of Topliss-reactive ketones (excluding diaryl/α,β-unsaturated/α-hetero) is 1. The zero-order valence-corrected chi connectivity index (χ0v) is 23.2. The van der Waals surface area contributed by atoms with E-state index in [9.17, 15) is 14.7 Å². The van der Waals surface area contributed by atoms with Gasteiger partial charge in [0.1, 0.15) is 25.4 Å². The molecule has 3 aromatic carbocycles. The number of aryl methyl sites for hydroxylation is 2. The molecule has 40 heavy (non-hydrogen) atoms. The first-order chi connectivity index (χ1) is 19.5. The highest BCUT2D eigenvalue weighted by molar-refractivity contribution is 6.46. The fraction of sp³-hybridized carbons (Fsp3) is 0.333. The lowest BCUT2D eigenvalue weighted by Crippen LogP contribution is -3.14. The number of morpholine rings is 1. The Kier molecular flexibility index (Phi) is 8.63. The van der Waals surface area contributed by atoms with Crippen LogP contribution >= 0.6 is 0 Å². The van der Waals surface area contributed by atoms with Crippen molar-refractivity contribution >= 4 is 17.4 Å². The third-order valence-electron chi connectivity index (χ3n) is 7.83. The second kappa shape index (κ2) is 12.5. The van der Waals surface area contributed by atoms with E-state index in [-0.39, 0.29) is 5.57 Å². The van der Waals surface area contributed by atoms with Gasteiger partial charge >= 0.3 is 0 Å². The smallest absolute Gasteiger partial charge is 0.295 e. The Bertz CT molecular complexity index is 1380. The summed E-state index contributed by atoms with van der Waals surface area (Å²) in [6, 6.07) is 22.3. The highest BCUT2D eigenvalue weighted by Crippen LogP contribution is 2.39. The molecule has 0 aromatic heterocycles. The van der Waals surface area contributed by atoms with Crippen LogP contribution in [-0.4, -0.2) is 56.0 Å². The molecule has 1 unspecified atom stereocenters. The Morgan fingerprint density at radius 3 is 2.40 bits per heavy atom. The van der Waals surface area contributed by atoms with Crippen molar-refractivity contribution in [1.29, 1.82) is 0 Å². The van der Waals surface area contributed by atoms with Crippen molar-refractivity contribution < 1.29 is 29.1 Å². The molecule has 5 rings (SSSR count). The third kappa shape index (κ3) is 5.96. The van der Waals surface area contributed by atoms with Gasteiger partial charge in [-0.1, -0.05) is 73.3 Å². The Labute approximate surface area is 235 Å². The van der Waals surface area contributed by atoms with Crippen LogP contribution in [0.3, 0.4) is 0 Å². The van der Waals surface area contributed by atoms with Crippen LogP contribution in [0.2, 0.25) is 0 Å². The Balaban J connectivity index is 1.46. The molecule has 2 aliphatic rings. The highest BCUT2D eigenvalue weighted by Gasteiger charge is 2.44. The van der Waals surface area contributed by atoms with Crippen molar-refractivity contribution in [3.8, 4) is 5.75 Å². The molecule has 7 nitrogen and oxygen atoms in total. The van der Waals surface area contributed by atoms with E-state index in [0.717, 1.165) is 36.2 Å². The monoisotopic (exact) mass is 540 g/mol. The molecule has 0 radical (unpaired) electrons. The third-order valence-corrected chi connectivity index (χ3v) is 7.83. The van der Waals surface area contributed by atoms with E-state index >= 15 is 0 Å². The Morgan fingerprint density at radius 2 is 1.73 bits per heavy atom. The van der Waals surface area contributed by atoms with E-state index in [1.165, 1.54) is 4.90 Å². The first kappa shape index (κ1) is 27.6. The van der Waals surface area contributed by atoms with Gasteiger partial charge in [0.05, 0.1) is 32.3 Å². The summed E-state index contributed by atoms with van der Waals surface area (Å²) in [7, 11) is 0. The number of carbonyl (C=O) groups excluding carboxylic acids is 2. The van der Waals surface area contributed by atoms with Gasteiger partial charge in [0, 0.05) is 5.57 Å². The van der Waals surface area contributed by atoms with Crippen molar-refractivity contribution in [3.63, 3.8) is 0 Å². The summed E-state index contributed by atoms with van der Waals surface area (Å²) in [5.41, 5.74) is 4.09. The molecule has 2 aliphatic heterocycles. The fourth-order valence-electron chi connectivity index (χ4n) is 5.44. The topological polar surface area (TPSA) is 83.3 Å². The molecular weight excluding hydrogens is 504 g/mol. The average molecular weight is 541 g/mol. The molecule has 0 spiro atoms. The summed E-state index contributed by atoms with van der Waals surface area (Å²) in [5, 5.41) is 14.0. The van der Waals surface area contributed by atoms with E-state index in [0.29, 0.717) is 49.8 Å². The maximum atomic E-state index is 14.0. The van der Waals surface area contributed by atoms with E-state index in [1.807, 2.05) is 67.6 Å². The van der Waals surface area contributed by atoms with Crippen LogP contribution in [0, 0.1) is 6.92 Å². The molecule has 208 valence electrons. The maximum absolute atomic E-state index is 14.0. The summed E-state index contributed by atoms with van der Waals surface area (Å²) in [6.07, 6.45) is 0.875. The van der Waals surface area contributed by atoms with Gasteiger partial charge in [-0.2, -0.15) is 0 Å². The molecule has 3 aromatic rings. The largest absolute Gasteiger partial charge is 0.872 e. The predicted octanol–water partition coefficient (Wildman–Crippen LogP) is 2.28. The number of likely N-dealkylation sites (tertiary alicyclic amines) is 1. The van der Waals surface area contributed by atoms with Crippen molar-refractivity contribution in [2.24, 2.45) is 0 Å². The zero-order chi connectivity index (χ0) is 28.1. The van der Waals surface area contributed by atoms with Crippen LogP contribution in [0.25, 0.3) is 5.76 Å². The number of rotatable bonds is 9. The molecule has 2 heterocycles. The van der Waals surface area contributed by atoms with Gasteiger partial charge in [0.25, 0.3) is 5.91 Å². The first-order valence-electron chi connectivity index (χ1n) is 14.0. The number of quaternary nitrogens is 1. The highest BCUT2D eigenvalue weighted by atomic mass is 16.5. The molecule has 1 N–H and O–H groups in total. The molecule has 2 fully saturated rings. The zero-order valence-electron chi connectivity index (χ0n) is 23.2. The normalized spacial score (nSPS) is 19.2. The van der Waals surface area contributed by atoms with Gasteiger partial charge in [0.2, 0.25) is 5.78 Å². The van der Waals surface area contributed by atoms with Gasteiger partial charge in [-0.15, -0.1) is 0 Å². The number of nitrogens with zero attached hydrogens (tertiary/aromatic N) is 1. The number of nitrogens with one attached hydrogen (secondary N) is 1. The van der Waals surface area contributed by atoms with Crippen LogP contribution in [0.1, 0.15) is 40.8 Å². The minimum Gasteiger partial charge on any atom is -0.872 e. The number of hydrogen-bond acceptors (Lipinski definition) is 5. The SMILES string of the molecule is CCc1ccc(C2/C(=C(\[O-])c3ccc(OCc4ccccc4)cc3C)C(=O)C(=O)N2CC[NH+]2CCOCC2)cc1. The molecule has 0 saturated carbocycles. The number of hydrogen-bond donors (Lipinski definition) is 1. The number of ether oxygens (including phenoxy) is 2. The molecule has 0 aliphatic carbocycles. The molecule has 1 amide bonds. The number of benzene rings is 3. The van der Waals surface area contributed by atoms with E-state index < -0.39 is 23.5 Å².